The van der Waals surface area contributed by atoms with E-state index in [-0.39, 0.29) is 48.2 Å². The summed E-state index contributed by atoms with van der Waals surface area (Å²) in [6.07, 6.45) is 3.76. The lowest BCUT2D eigenvalue weighted by atomic mass is 9.96. The Labute approximate surface area is 152 Å². The summed E-state index contributed by atoms with van der Waals surface area (Å²) < 4.78 is 32.6. The second kappa shape index (κ2) is 8.23. The van der Waals surface area contributed by atoms with Gasteiger partial charge >= 0.3 is 0 Å². The van der Waals surface area contributed by atoms with E-state index in [4.69, 9.17) is 4.74 Å². The van der Waals surface area contributed by atoms with Gasteiger partial charge < -0.3 is 15.4 Å². The third-order valence-electron chi connectivity index (χ3n) is 4.19. The van der Waals surface area contributed by atoms with E-state index in [1.165, 1.54) is 6.07 Å². The maximum atomic E-state index is 13.6. The fourth-order valence-electron chi connectivity index (χ4n) is 3.11. The molecule has 3 atom stereocenters. The first kappa shape index (κ1) is 18.4. The third-order valence-corrected chi connectivity index (χ3v) is 4.19. The van der Waals surface area contributed by atoms with Crippen LogP contribution in [-0.4, -0.2) is 30.8 Å². The molecule has 2 N–H and O–H groups in total. The number of halogens is 3. The van der Waals surface area contributed by atoms with Crippen molar-refractivity contribution >= 4 is 29.9 Å². The molecule has 2 saturated heterocycles. The van der Waals surface area contributed by atoms with E-state index in [0.29, 0.717) is 18.6 Å². The number of rotatable bonds is 4. The van der Waals surface area contributed by atoms with Gasteiger partial charge in [-0.1, -0.05) is 0 Å². The van der Waals surface area contributed by atoms with Crippen LogP contribution in [0.4, 0.5) is 8.78 Å². The highest BCUT2D eigenvalue weighted by Gasteiger charge is 2.41. The van der Waals surface area contributed by atoms with E-state index in [2.05, 4.69) is 15.6 Å². The molecule has 2 fully saturated rings. The molecule has 3 unspecified atom stereocenters. The van der Waals surface area contributed by atoms with Crippen LogP contribution < -0.4 is 10.6 Å². The molecular formula is C16H22F2IN3O. The number of nitrogens with one attached hydrogen (secondary N) is 2. The molecule has 2 heterocycles. The Morgan fingerprint density at radius 2 is 2.17 bits per heavy atom. The summed E-state index contributed by atoms with van der Waals surface area (Å²) in [4.78, 5) is 4.36. The van der Waals surface area contributed by atoms with Crippen LogP contribution in [0.1, 0.15) is 31.7 Å². The molecular weight excluding hydrogens is 415 g/mol. The predicted molar refractivity (Wildman–Crippen MR) is 96.0 cm³/mol. The van der Waals surface area contributed by atoms with Crippen LogP contribution in [0.15, 0.2) is 23.2 Å². The largest absolute Gasteiger partial charge is 0.373 e. The normalized spacial score (nSPS) is 26.0. The lowest BCUT2D eigenvalue weighted by molar-refractivity contribution is 0.0992. The Balaban J connectivity index is 0.00000192. The van der Waals surface area contributed by atoms with E-state index in [0.717, 1.165) is 31.4 Å². The van der Waals surface area contributed by atoms with Crippen LogP contribution >= 0.6 is 24.0 Å². The summed E-state index contributed by atoms with van der Waals surface area (Å²) >= 11 is 0. The molecule has 1 aromatic carbocycles. The first-order valence-corrected chi connectivity index (χ1v) is 7.80. The molecule has 1 aromatic rings. The predicted octanol–water partition coefficient (Wildman–Crippen LogP) is 2.96. The molecule has 0 aromatic heterocycles. The van der Waals surface area contributed by atoms with Crippen LogP contribution in [0.5, 0.6) is 0 Å². The van der Waals surface area contributed by atoms with Crippen LogP contribution in [0.25, 0.3) is 0 Å². The second-order valence-electron chi connectivity index (χ2n) is 5.79. The van der Waals surface area contributed by atoms with Crippen molar-refractivity contribution in [3.05, 3.63) is 35.4 Å². The fourth-order valence-corrected chi connectivity index (χ4v) is 3.11. The third kappa shape index (κ3) is 4.53. The van der Waals surface area contributed by atoms with Crippen LogP contribution in [0, 0.1) is 11.6 Å². The number of fused-ring (bicyclic) bond motifs is 2. The SMILES string of the molecule is CCNC(=NCc1cc(F)ccc1F)NC1CC2CCC1O2.I. The molecule has 4 nitrogen and oxygen atoms in total. The van der Waals surface area contributed by atoms with Gasteiger partial charge in [0.25, 0.3) is 0 Å². The highest BCUT2D eigenvalue weighted by atomic mass is 127. The molecule has 0 radical (unpaired) electrons. The van der Waals surface area contributed by atoms with Gasteiger partial charge in [0.05, 0.1) is 24.8 Å². The quantitative estimate of drug-likeness (QED) is 0.433. The Hall–Kier alpha value is -0.960. The average Bonchev–Trinajstić information content (AvgIpc) is 3.11. The fraction of sp³-hybridized carbons (Fsp3) is 0.562. The number of guanidine groups is 1. The van der Waals surface area contributed by atoms with E-state index in [9.17, 15) is 8.78 Å². The van der Waals surface area contributed by atoms with Gasteiger partial charge in [-0.25, -0.2) is 13.8 Å². The summed E-state index contributed by atoms with van der Waals surface area (Å²) in [5, 5.41) is 6.49. The molecule has 0 amide bonds. The van der Waals surface area contributed by atoms with Crippen LogP contribution in [0.3, 0.4) is 0 Å². The Morgan fingerprint density at radius 3 is 2.83 bits per heavy atom. The molecule has 0 spiro atoms. The van der Waals surface area contributed by atoms with Crippen molar-refractivity contribution < 1.29 is 13.5 Å². The minimum atomic E-state index is -0.453. The zero-order valence-electron chi connectivity index (χ0n) is 13.0. The molecule has 128 valence electrons. The second-order valence-corrected chi connectivity index (χ2v) is 5.79. The van der Waals surface area contributed by atoms with E-state index in [1.54, 1.807) is 0 Å². The van der Waals surface area contributed by atoms with Gasteiger partial charge in [-0.15, -0.1) is 24.0 Å². The van der Waals surface area contributed by atoms with E-state index < -0.39 is 11.6 Å². The standard InChI is InChI=1S/C16H21F2N3O.HI/c1-2-19-16(21-14-8-12-4-6-15(14)22-12)20-9-10-7-11(17)3-5-13(10)18;/h3,5,7,12,14-15H,2,4,6,8-9H2,1H3,(H2,19,20,21);1H. The number of hydrogen-bond acceptors (Lipinski definition) is 2. The minimum Gasteiger partial charge on any atom is -0.373 e. The smallest absolute Gasteiger partial charge is 0.191 e. The van der Waals surface area contributed by atoms with Gasteiger partial charge in [0.2, 0.25) is 0 Å². The molecule has 2 aliphatic heterocycles. The van der Waals surface area contributed by atoms with Gasteiger partial charge in [-0.05, 0) is 44.4 Å². The molecule has 2 aliphatic rings. The topological polar surface area (TPSA) is 45.7 Å². The van der Waals surface area contributed by atoms with Crippen molar-refractivity contribution in [1.29, 1.82) is 0 Å². The molecule has 2 bridgehead atoms. The Bertz CT molecular complexity index is 570. The van der Waals surface area contributed by atoms with E-state index >= 15 is 0 Å². The van der Waals surface area contributed by atoms with Crippen molar-refractivity contribution in [2.75, 3.05) is 6.54 Å². The van der Waals surface area contributed by atoms with Crippen molar-refractivity contribution in [3.63, 3.8) is 0 Å². The number of benzene rings is 1. The van der Waals surface area contributed by atoms with Gasteiger partial charge in [0, 0.05) is 12.1 Å². The van der Waals surface area contributed by atoms with Gasteiger partial charge in [0.1, 0.15) is 11.6 Å². The zero-order valence-corrected chi connectivity index (χ0v) is 15.3. The molecule has 0 saturated carbocycles. The monoisotopic (exact) mass is 437 g/mol. The average molecular weight is 437 g/mol. The first-order valence-electron chi connectivity index (χ1n) is 7.80. The van der Waals surface area contributed by atoms with Crippen molar-refractivity contribution in [2.24, 2.45) is 4.99 Å². The van der Waals surface area contributed by atoms with Crippen molar-refractivity contribution in [3.8, 4) is 0 Å². The Morgan fingerprint density at radius 1 is 1.35 bits per heavy atom. The highest BCUT2D eigenvalue weighted by molar-refractivity contribution is 14.0. The molecule has 3 rings (SSSR count). The number of hydrogen-bond donors (Lipinski definition) is 2. The summed E-state index contributed by atoms with van der Waals surface area (Å²) in [6.45, 7) is 2.77. The summed E-state index contributed by atoms with van der Waals surface area (Å²) in [5.74, 6) is -0.275. The lowest BCUT2D eigenvalue weighted by Gasteiger charge is -2.22. The highest BCUT2D eigenvalue weighted by Crippen LogP contribution is 2.34. The maximum absolute atomic E-state index is 13.6. The minimum absolute atomic E-state index is 0. The lowest BCUT2D eigenvalue weighted by Crippen LogP contribution is -2.47. The first-order chi connectivity index (χ1) is 10.7. The molecule has 0 aliphatic carbocycles. The number of nitrogens with zero attached hydrogens (tertiary/aromatic N) is 1. The molecule has 23 heavy (non-hydrogen) atoms. The van der Waals surface area contributed by atoms with Gasteiger partial charge in [-0.3, -0.25) is 0 Å². The van der Waals surface area contributed by atoms with Gasteiger partial charge in [-0.2, -0.15) is 0 Å². The number of aliphatic imine (C=N–C) groups is 1. The summed E-state index contributed by atoms with van der Waals surface area (Å²) in [7, 11) is 0. The summed E-state index contributed by atoms with van der Waals surface area (Å²) in [5.41, 5.74) is 0.251. The Kier molecular flexibility index (Phi) is 6.58. The van der Waals surface area contributed by atoms with Crippen LogP contribution in [0.2, 0.25) is 0 Å². The van der Waals surface area contributed by atoms with Gasteiger partial charge in [0.15, 0.2) is 5.96 Å². The molecule has 7 heteroatoms. The van der Waals surface area contributed by atoms with Crippen molar-refractivity contribution in [2.45, 2.75) is 51.0 Å². The van der Waals surface area contributed by atoms with Crippen molar-refractivity contribution in [1.82, 2.24) is 10.6 Å². The van der Waals surface area contributed by atoms with Crippen LogP contribution in [-0.2, 0) is 11.3 Å². The maximum Gasteiger partial charge on any atom is 0.191 e. The van der Waals surface area contributed by atoms with E-state index in [1.807, 2.05) is 6.92 Å². The number of ether oxygens (including phenoxy) is 1. The summed E-state index contributed by atoms with van der Waals surface area (Å²) in [6, 6.07) is 3.67. The zero-order chi connectivity index (χ0) is 15.5.